The molecule has 0 saturated heterocycles. The number of nitro benzene ring substituents is 1. The van der Waals surface area contributed by atoms with E-state index in [0.29, 0.717) is 23.3 Å². The average molecular weight is 509 g/mol. The number of hydrogen-bond donors (Lipinski definition) is 0. The molecule has 0 unspecified atom stereocenters. The molecule has 0 aliphatic rings. The first-order valence-corrected chi connectivity index (χ1v) is 15.6. The van der Waals surface area contributed by atoms with Crippen molar-refractivity contribution in [3.63, 3.8) is 0 Å². The Morgan fingerprint density at radius 2 is 1.81 bits per heavy atom. The molecule has 0 N–H and O–H groups in total. The van der Waals surface area contributed by atoms with Crippen LogP contribution in [0.3, 0.4) is 0 Å². The molecule has 4 rings (SSSR count). The first-order chi connectivity index (χ1) is 16.8. The molecule has 190 valence electrons. The molecule has 9 nitrogen and oxygen atoms in total. The molecule has 0 spiro atoms. The van der Waals surface area contributed by atoms with Crippen LogP contribution in [0.1, 0.15) is 20.8 Å². The minimum absolute atomic E-state index is 0.0164. The van der Waals surface area contributed by atoms with E-state index in [1.165, 1.54) is 4.57 Å². The zero-order valence-electron chi connectivity index (χ0n) is 21.6. The van der Waals surface area contributed by atoms with Crippen LogP contribution in [-0.2, 0) is 16.2 Å². The number of nitrogens with zero attached hydrogens (tertiary/aromatic N) is 4. The van der Waals surface area contributed by atoms with Gasteiger partial charge in [-0.15, -0.1) is 0 Å². The Kier molecular flexibility index (Phi) is 6.76. The Morgan fingerprint density at radius 1 is 1.08 bits per heavy atom. The van der Waals surface area contributed by atoms with Crippen molar-refractivity contribution in [3.8, 4) is 11.1 Å². The van der Waals surface area contributed by atoms with E-state index in [1.54, 1.807) is 35.4 Å². The number of benzene rings is 2. The fourth-order valence-corrected chi connectivity index (χ4v) is 4.61. The summed E-state index contributed by atoms with van der Waals surface area (Å²) >= 11 is 0. The normalized spacial score (nSPS) is 12.4. The molecule has 2 heterocycles. The van der Waals surface area contributed by atoms with Crippen LogP contribution >= 0.6 is 0 Å². The van der Waals surface area contributed by atoms with Crippen LogP contribution in [0.2, 0.25) is 25.7 Å². The van der Waals surface area contributed by atoms with Crippen LogP contribution in [0.5, 0.6) is 0 Å². The highest BCUT2D eigenvalue weighted by atomic mass is 28.3. The molecule has 0 radical (unpaired) electrons. The lowest BCUT2D eigenvalue weighted by Gasteiger charge is -2.19. The summed E-state index contributed by atoms with van der Waals surface area (Å²) in [5, 5.41) is 18.8. The van der Waals surface area contributed by atoms with Crippen LogP contribution in [0.25, 0.3) is 32.8 Å². The molecule has 36 heavy (non-hydrogen) atoms. The summed E-state index contributed by atoms with van der Waals surface area (Å²) in [5.74, 6) is 0. The van der Waals surface area contributed by atoms with Gasteiger partial charge in [0, 0.05) is 49.3 Å². The zero-order valence-corrected chi connectivity index (χ0v) is 22.6. The van der Waals surface area contributed by atoms with E-state index in [4.69, 9.17) is 9.47 Å². The summed E-state index contributed by atoms with van der Waals surface area (Å²) in [6.07, 6.45) is 4.58. The lowest BCUT2D eigenvalue weighted by molar-refractivity contribution is -0.384. The van der Waals surface area contributed by atoms with Crippen LogP contribution < -0.4 is 0 Å². The molecule has 0 atom stereocenters. The van der Waals surface area contributed by atoms with Gasteiger partial charge in [-0.3, -0.25) is 14.7 Å². The van der Waals surface area contributed by atoms with Crippen molar-refractivity contribution in [1.82, 2.24) is 14.3 Å². The molecule has 2 aromatic heterocycles. The lowest BCUT2D eigenvalue weighted by atomic mass is 10.00. The number of aromatic nitrogens is 3. The highest BCUT2D eigenvalue weighted by molar-refractivity contribution is 6.76. The maximum atomic E-state index is 12.5. The van der Waals surface area contributed by atoms with Gasteiger partial charge in [0.2, 0.25) is 0 Å². The molecular formula is C26H32N4O5Si. The predicted molar refractivity (Wildman–Crippen MR) is 143 cm³/mol. The summed E-state index contributed by atoms with van der Waals surface area (Å²) in [6.45, 7) is 13.2. The Bertz CT molecular complexity index is 1440. The molecular weight excluding hydrogens is 476 g/mol. The van der Waals surface area contributed by atoms with Gasteiger partial charge in [-0.25, -0.2) is 9.48 Å². The number of hydrogen-bond acceptors (Lipinski definition) is 6. The van der Waals surface area contributed by atoms with Gasteiger partial charge in [0.05, 0.1) is 22.2 Å². The SMILES string of the molecule is CC(C)(C)OC(=O)n1cc2ccc(-c3cc4cnn(COCC[Si](C)(C)C)c4cc3[N+](=O)[O-])cc2c1. The molecule has 0 saturated carbocycles. The van der Waals surface area contributed by atoms with E-state index in [2.05, 4.69) is 24.7 Å². The quantitative estimate of drug-likeness (QED) is 0.120. The Labute approximate surface area is 210 Å². The van der Waals surface area contributed by atoms with E-state index < -0.39 is 19.8 Å². The van der Waals surface area contributed by atoms with Crippen molar-refractivity contribution < 1.29 is 19.2 Å². The monoisotopic (exact) mass is 508 g/mol. The van der Waals surface area contributed by atoms with Gasteiger partial charge in [-0.05, 0) is 44.5 Å². The molecule has 0 bridgehead atoms. The number of carbonyl (C=O) groups excluding carboxylic acids is 1. The minimum Gasteiger partial charge on any atom is -0.443 e. The number of ether oxygens (including phenoxy) is 2. The maximum Gasteiger partial charge on any atom is 0.418 e. The van der Waals surface area contributed by atoms with Crippen molar-refractivity contribution in [2.75, 3.05) is 6.61 Å². The van der Waals surface area contributed by atoms with Gasteiger partial charge in [0.15, 0.2) is 0 Å². The fraction of sp³-hybridized carbons (Fsp3) is 0.385. The smallest absolute Gasteiger partial charge is 0.418 e. The molecule has 4 aromatic rings. The van der Waals surface area contributed by atoms with Crippen molar-refractivity contribution in [2.24, 2.45) is 0 Å². The number of carbonyl (C=O) groups is 1. The van der Waals surface area contributed by atoms with E-state index in [-0.39, 0.29) is 17.3 Å². The largest absolute Gasteiger partial charge is 0.443 e. The topological polar surface area (TPSA) is 101 Å². The third-order valence-corrected chi connectivity index (χ3v) is 7.43. The zero-order chi connectivity index (χ0) is 26.3. The van der Waals surface area contributed by atoms with Gasteiger partial charge in [0.25, 0.3) is 5.69 Å². The van der Waals surface area contributed by atoms with Crippen LogP contribution in [-0.4, -0.2) is 45.6 Å². The van der Waals surface area contributed by atoms with E-state index in [1.807, 2.05) is 39.0 Å². The molecule has 10 heteroatoms. The second-order valence-electron chi connectivity index (χ2n) is 11.2. The highest BCUT2D eigenvalue weighted by Crippen LogP contribution is 2.35. The van der Waals surface area contributed by atoms with Crippen LogP contribution in [0.4, 0.5) is 10.5 Å². The van der Waals surface area contributed by atoms with Crippen molar-refractivity contribution >= 4 is 41.5 Å². The van der Waals surface area contributed by atoms with Gasteiger partial charge >= 0.3 is 6.09 Å². The lowest BCUT2D eigenvalue weighted by Crippen LogP contribution is -2.26. The highest BCUT2D eigenvalue weighted by Gasteiger charge is 2.21. The predicted octanol–water partition coefficient (Wildman–Crippen LogP) is 6.66. The molecule has 0 aliphatic carbocycles. The number of nitro groups is 1. The second-order valence-corrected chi connectivity index (χ2v) is 16.8. The molecule has 0 aliphatic heterocycles. The van der Waals surface area contributed by atoms with Gasteiger partial charge < -0.3 is 9.47 Å². The van der Waals surface area contributed by atoms with Crippen molar-refractivity contribution in [2.45, 2.75) is 58.8 Å². The van der Waals surface area contributed by atoms with Crippen molar-refractivity contribution in [3.05, 3.63) is 59.0 Å². The standard InChI is InChI=1S/C26H32N4O5Si/c1-26(2,3)35-25(31)28-15-19-8-7-18(11-21(19)16-28)22-12-20-14-27-29(17-34-9-10-36(4,5)6)23(20)13-24(22)30(32)33/h7-8,11-16H,9-10,17H2,1-6H3. The summed E-state index contributed by atoms with van der Waals surface area (Å²) in [7, 11) is -1.21. The minimum atomic E-state index is -1.21. The molecule has 0 fully saturated rings. The summed E-state index contributed by atoms with van der Waals surface area (Å²) < 4.78 is 14.3. The van der Waals surface area contributed by atoms with Crippen LogP contribution in [0, 0.1) is 10.1 Å². The summed E-state index contributed by atoms with van der Waals surface area (Å²) in [4.78, 5) is 24.1. The molecule has 0 amide bonds. The number of rotatable bonds is 7. The van der Waals surface area contributed by atoms with Crippen molar-refractivity contribution in [1.29, 1.82) is 0 Å². The fourth-order valence-electron chi connectivity index (χ4n) is 3.86. The summed E-state index contributed by atoms with van der Waals surface area (Å²) in [6, 6.07) is 9.87. The first kappa shape index (κ1) is 25.6. The number of fused-ring (bicyclic) bond motifs is 2. The van der Waals surface area contributed by atoms with Crippen LogP contribution in [0.15, 0.2) is 48.9 Å². The van der Waals surface area contributed by atoms with E-state index in [0.717, 1.165) is 22.2 Å². The van der Waals surface area contributed by atoms with Gasteiger partial charge in [-0.1, -0.05) is 31.8 Å². The third-order valence-electron chi connectivity index (χ3n) is 5.72. The van der Waals surface area contributed by atoms with E-state index >= 15 is 0 Å². The van der Waals surface area contributed by atoms with E-state index in [9.17, 15) is 14.9 Å². The third kappa shape index (κ3) is 5.82. The Hall–Kier alpha value is -3.50. The second kappa shape index (κ2) is 9.51. The summed E-state index contributed by atoms with van der Waals surface area (Å²) in [5.41, 5.74) is 1.18. The Morgan fingerprint density at radius 3 is 2.47 bits per heavy atom. The molecule has 2 aromatic carbocycles. The van der Waals surface area contributed by atoms with Gasteiger partial charge in [0.1, 0.15) is 12.3 Å². The first-order valence-electron chi connectivity index (χ1n) is 11.9. The maximum absolute atomic E-state index is 12.5. The average Bonchev–Trinajstić information content (AvgIpc) is 3.37. The van der Waals surface area contributed by atoms with Gasteiger partial charge in [-0.2, -0.15) is 5.10 Å². The Balaban J connectivity index is 1.65.